The third-order valence-electron chi connectivity index (χ3n) is 4.55. The molecule has 0 aliphatic heterocycles. The summed E-state index contributed by atoms with van der Waals surface area (Å²) in [5.74, 6) is 0.452. The minimum absolute atomic E-state index is 0.273. The highest BCUT2D eigenvalue weighted by atomic mass is 32.1. The van der Waals surface area contributed by atoms with Gasteiger partial charge >= 0.3 is 6.09 Å². The quantitative estimate of drug-likeness (QED) is 0.378. The van der Waals surface area contributed by atoms with Gasteiger partial charge in [0.2, 0.25) is 0 Å². The van der Waals surface area contributed by atoms with Crippen LogP contribution in [0.5, 0.6) is 5.75 Å². The molecule has 5 N–H and O–H groups in total. The van der Waals surface area contributed by atoms with Gasteiger partial charge in [-0.2, -0.15) is 0 Å². The summed E-state index contributed by atoms with van der Waals surface area (Å²) in [5, 5.41) is 9.70. The van der Waals surface area contributed by atoms with E-state index in [4.69, 9.17) is 10.5 Å². The number of nitrogens with two attached hydrogens (primary N) is 1. The first-order valence-electron chi connectivity index (χ1n) is 9.15. The Morgan fingerprint density at radius 2 is 2.07 bits per heavy atom. The van der Waals surface area contributed by atoms with Crippen molar-refractivity contribution in [2.45, 2.75) is 13.0 Å². The van der Waals surface area contributed by atoms with E-state index in [2.05, 4.69) is 20.6 Å². The molecule has 3 heterocycles. The fraction of sp³-hybridized carbons (Fsp3) is 0.143. The Hall–Kier alpha value is -3.36. The lowest BCUT2D eigenvalue weighted by Crippen LogP contribution is -2.35. The minimum atomic E-state index is -0.552. The van der Waals surface area contributed by atoms with Crippen LogP contribution in [0, 0.1) is 6.92 Å². The summed E-state index contributed by atoms with van der Waals surface area (Å²) in [6.07, 6.45) is 3.00. The maximum absolute atomic E-state index is 12.5. The Kier molecular flexibility index (Phi) is 5.46. The number of hydrogen-bond donors (Lipinski definition) is 4. The number of aromatic nitrogens is 2. The summed E-state index contributed by atoms with van der Waals surface area (Å²) in [7, 11) is 0. The highest BCUT2D eigenvalue weighted by Gasteiger charge is 2.17. The zero-order chi connectivity index (χ0) is 20.2. The number of thiophene rings is 1. The van der Waals surface area contributed by atoms with Gasteiger partial charge in [0.05, 0.1) is 11.7 Å². The number of carbonyl (C=O) groups is 1. The molecule has 148 valence electrons. The van der Waals surface area contributed by atoms with Crippen molar-refractivity contribution in [1.82, 2.24) is 15.3 Å². The Labute approximate surface area is 171 Å². The van der Waals surface area contributed by atoms with Crippen LogP contribution in [0.25, 0.3) is 11.0 Å². The summed E-state index contributed by atoms with van der Waals surface area (Å²) in [5.41, 5.74) is 9.60. The predicted molar refractivity (Wildman–Crippen MR) is 116 cm³/mol. The molecule has 0 saturated heterocycles. The molecule has 0 spiro atoms. The fourth-order valence-electron chi connectivity index (χ4n) is 3.01. The van der Waals surface area contributed by atoms with E-state index in [1.54, 1.807) is 12.3 Å². The first kappa shape index (κ1) is 19.0. The van der Waals surface area contributed by atoms with Crippen molar-refractivity contribution in [3.8, 4) is 5.75 Å². The van der Waals surface area contributed by atoms with E-state index in [1.807, 2.05) is 54.9 Å². The van der Waals surface area contributed by atoms with Crippen molar-refractivity contribution in [3.63, 3.8) is 0 Å². The summed E-state index contributed by atoms with van der Waals surface area (Å²) in [6.45, 7) is 2.29. The second-order valence-corrected chi connectivity index (χ2v) is 7.49. The van der Waals surface area contributed by atoms with Crippen LogP contribution in [0.15, 0.2) is 60.2 Å². The largest absolute Gasteiger partial charge is 0.413 e. The van der Waals surface area contributed by atoms with Crippen LogP contribution in [0.1, 0.15) is 17.2 Å². The first-order chi connectivity index (χ1) is 14.1. The molecular formula is C21H21N5O2S. The van der Waals surface area contributed by atoms with Crippen LogP contribution in [-0.4, -0.2) is 22.6 Å². The maximum atomic E-state index is 12.5. The molecule has 0 bridgehead atoms. The standard InChI is InChI=1S/C21H21N5O2S/c1-13-2-4-14(5-3-13)17(12-22)26-21(27)28-18-8-11-29-20(18)25-16-7-10-24-19-15(16)6-9-23-19/h2-11,17H,12,22H2,1H3,(H,26,27)(H2,23,24,25). The van der Waals surface area contributed by atoms with E-state index < -0.39 is 6.09 Å². The molecule has 8 heteroatoms. The molecule has 1 unspecified atom stereocenters. The number of nitrogens with zero attached hydrogens (tertiary/aromatic N) is 1. The van der Waals surface area contributed by atoms with Crippen molar-refractivity contribution >= 4 is 39.2 Å². The van der Waals surface area contributed by atoms with Crippen LogP contribution >= 0.6 is 11.3 Å². The molecule has 1 aromatic carbocycles. The smallest absolute Gasteiger partial charge is 0.407 e. The van der Waals surface area contributed by atoms with E-state index >= 15 is 0 Å². The number of anilines is 2. The number of carbonyl (C=O) groups excluding carboxylic acids is 1. The third kappa shape index (κ3) is 4.23. The first-order valence-corrected chi connectivity index (χ1v) is 10.0. The summed E-state index contributed by atoms with van der Waals surface area (Å²) < 4.78 is 5.55. The maximum Gasteiger partial charge on any atom is 0.413 e. The van der Waals surface area contributed by atoms with Gasteiger partial charge in [0.15, 0.2) is 5.75 Å². The summed E-state index contributed by atoms with van der Waals surface area (Å²) >= 11 is 1.45. The number of amides is 1. The lowest BCUT2D eigenvalue weighted by molar-refractivity contribution is 0.196. The van der Waals surface area contributed by atoms with Gasteiger partial charge in [0.25, 0.3) is 0 Å². The molecule has 3 aromatic heterocycles. The number of fused-ring (bicyclic) bond motifs is 1. The molecule has 1 amide bonds. The SMILES string of the molecule is Cc1ccc(C(CN)NC(=O)Oc2ccsc2Nc2ccnc3[nH]ccc23)cc1. The van der Waals surface area contributed by atoms with Gasteiger partial charge in [-0.3, -0.25) is 0 Å². The minimum Gasteiger partial charge on any atom is -0.407 e. The molecule has 7 nitrogen and oxygen atoms in total. The average Bonchev–Trinajstić information content (AvgIpc) is 3.37. The van der Waals surface area contributed by atoms with Crippen LogP contribution in [0.3, 0.4) is 0 Å². The Morgan fingerprint density at radius 3 is 2.86 bits per heavy atom. The number of aryl methyl sites for hydroxylation is 1. The number of hydrogen-bond acceptors (Lipinski definition) is 6. The number of H-pyrrole nitrogens is 1. The summed E-state index contributed by atoms with van der Waals surface area (Å²) in [4.78, 5) is 19.8. The average molecular weight is 407 g/mol. The number of benzene rings is 1. The zero-order valence-electron chi connectivity index (χ0n) is 15.8. The lowest BCUT2D eigenvalue weighted by atomic mass is 10.1. The number of pyridine rings is 1. The zero-order valence-corrected chi connectivity index (χ0v) is 16.6. The van der Waals surface area contributed by atoms with E-state index in [0.29, 0.717) is 5.75 Å². The molecule has 1 atom stereocenters. The highest BCUT2D eigenvalue weighted by molar-refractivity contribution is 7.14. The molecular weight excluding hydrogens is 386 g/mol. The van der Waals surface area contributed by atoms with Crippen molar-refractivity contribution in [3.05, 3.63) is 71.4 Å². The molecule has 29 heavy (non-hydrogen) atoms. The van der Waals surface area contributed by atoms with E-state index in [-0.39, 0.29) is 12.6 Å². The summed E-state index contributed by atoms with van der Waals surface area (Å²) in [6, 6.07) is 13.1. The number of aromatic amines is 1. The Morgan fingerprint density at radius 1 is 1.24 bits per heavy atom. The predicted octanol–water partition coefficient (Wildman–Crippen LogP) is 4.46. The second-order valence-electron chi connectivity index (χ2n) is 6.57. The normalized spacial score (nSPS) is 11.9. The Balaban J connectivity index is 1.46. The third-order valence-corrected chi connectivity index (χ3v) is 5.36. The van der Waals surface area contributed by atoms with Gasteiger partial charge in [-0.1, -0.05) is 29.8 Å². The van der Waals surface area contributed by atoms with Gasteiger partial charge < -0.3 is 26.1 Å². The van der Waals surface area contributed by atoms with Gasteiger partial charge in [-0.25, -0.2) is 9.78 Å². The Bertz CT molecular complexity index is 1120. The molecule has 0 aliphatic rings. The van der Waals surface area contributed by atoms with Gasteiger partial charge in [0.1, 0.15) is 10.6 Å². The molecule has 0 radical (unpaired) electrons. The molecule has 0 fully saturated rings. The number of ether oxygens (including phenoxy) is 1. The van der Waals surface area contributed by atoms with Crippen molar-refractivity contribution in [2.75, 3.05) is 11.9 Å². The monoisotopic (exact) mass is 407 g/mol. The van der Waals surface area contributed by atoms with Gasteiger partial charge in [0, 0.05) is 24.3 Å². The molecule has 0 aliphatic carbocycles. The van der Waals surface area contributed by atoms with Crippen LogP contribution in [-0.2, 0) is 0 Å². The van der Waals surface area contributed by atoms with E-state index in [9.17, 15) is 4.79 Å². The molecule has 4 rings (SSSR count). The highest BCUT2D eigenvalue weighted by Crippen LogP contribution is 2.35. The van der Waals surface area contributed by atoms with Crippen molar-refractivity contribution in [2.24, 2.45) is 5.73 Å². The van der Waals surface area contributed by atoms with Crippen molar-refractivity contribution in [1.29, 1.82) is 0 Å². The number of nitrogens with one attached hydrogen (secondary N) is 3. The van der Waals surface area contributed by atoms with Crippen LogP contribution in [0.4, 0.5) is 15.5 Å². The molecule has 0 saturated carbocycles. The molecule has 4 aromatic rings. The van der Waals surface area contributed by atoms with Crippen LogP contribution < -0.4 is 21.1 Å². The van der Waals surface area contributed by atoms with Crippen LogP contribution in [0.2, 0.25) is 0 Å². The second kappa shape index (κ2) is 8.34. The lowest BCUT2D eigenvalue weighted by Gasteiger charge is -2.17. The van der Waals surface area contributed by atoms with E-state index in [0.717, 1.165) is 32.8 Å². The van der Waals surface area contributed by atoms with Gasteiger partial charge in [-0.15, -0.1) is 11.3 Å². The topological polar surface area (TPSA) is 105 Å². The fourth-order valence-corrected chi connectivity index (χ4v) is 3.73. The van der Waals surface area contributed by atoms with Gasteiger partial charge in [-0.05, 0) is 36.1 Å². The van der Waals surface area contributed by atoms with Crippen molar-refractivity contribution < 1.29 is 9.53 Å². The number of rotatable bonds is 6. The van der Waals surface area contributed by atoms with E-state index in [1.165, 1.54) is 11.3 Å².